The minimum Gasteiger partial charge on any atom is -0.476 e. The fraction of sp³-hybridized carbons (Fsp3) is 0.444. The van der Waals surface area contributed by atoms with Gasteiger partial charge in [-0.25, -0.2) is 9.78 Å². The maximum Gasteiger partial charge on any atom is 0.358 e. The first kappa shape index (κ1) is 12.2. The smallest absolute Gasteiger partial charge is 0.358 e. The largest absolute Gasteiger partial charge is 0.476 e. The van der Waals surface area contributed by atoms with Crippen molar-refractivity contribution in [1.82, 2.24) is 4.98 Å². The second-order valence-corrected chi connectivity index (χ2v) is 3.09. The van der Waals surface area contributed by atoms with E-state index in [4.69, 9.17) is 15.3 Å². The van der Waals surface area contributed by atoms with Crippen LogP contribution in [0.2, 0.25) is 0 Å². The van der Waals surface area contributed by atoms with Gasteiger partial charge in [-0.3, -0.25) is 4.79 Å². The number of rotatable bonds is 5. The molecule has 88 valence electrons. The number of carboxylic acid groups (broad SMARTS) is 1. The zero-order valence-corrected chi connectivity index (χ0v) is 8.67. The highest BCUT2D eigenvalue weighted by Crippen LogP contribution is 2.19. The average Bonchev–Trinajstić information content (AvgIpc) is 2.74. The van der Waals surface area contributed by atoms with Crippen LogP contribution in [0.3, 0.4) is 0 Å². The fourth-order valence-electron chi connectivity index (χ4n) is 1.19. The Kier molecular flexibility index (Phi) is 4.01. The van der Waals surface area contributed by atoms with Crippen LogP contribution in [0.25, 0.3) is 0 Å². The lowest BCUT2D eigenvalue weighted by molar-refractivity contribution is -0.140. The standard InChI is InChI=1S/C9H12N2O5/c1-15-6(12)3-2-5(10)8-7(9(13)14)11-4-16-8/h4-5H,2-3,10H2,1H3,(H,13,14)/t5-/m0/s1. The molecule has 3 N–H and O–H groups in total. The van der Waals surface area contributed by atoms with Crippen LogP contribution in [0.1, 0.15) is 35.1 Å². The lowest BCUT2D eigenvalue weighted by atomic mass is 10.1. The SMILES string of the molecule is COC(=O)CC[C@H](N)c1ocnc1C(=O)O. The van der Waals surface area contributed by atoms with Crippen molar-refractivity contribution < 1.29 is 23.8 Å². The number of hydrogen-bond acceptors (Lipinski definition) is 6. The van der Waals surface area contributed by atoms with Crippen LogP contribution >= 0.6 is 0 Å². The Morgan fingerprint density at radius 1 is 1.69 bits per heavy atom. The Morgan fingerprint density at radius 2 is 2.38 bits per heavy atom. The number of esters is 1. The highest BCUT2D eigenvalue weighted by molar-refractivity contribution is 5.86. The van der Waals surface area contributed by atoms with Crippen molar-refractivity contribution in [3.05, 3.63) is 17.8 Å². The van der Waals surface area contributed by atoms with Crippen molar-refractivity contribution in [1.29, 1.82) is 0 Å². The minimum atomic E-state index is -1.21. The van der Waals surface area contributed by atoms with Crippen molar-refractivity contribution in [2.24, 2.45) is 5.73 Å². The van der Waals surface area contributed by atoms with Gasteiger partial charge in [0.05, 0.1) is 13.2 Å². The van der Waals surface area contributed by atoms with Gasteiger partial charge in [-0.2, -0.15) is 0 Å². The van der Waals surface area contributed by atoms with E-state index >= 15 is 0 Å². The van der Waals surface area contributed by atoms with Gasteiger partial charge in [0.25, 0.3) is 0 Å². The second kappa shape index (κ2) is 5.26. The third-order valence-electron chi connectivity index (χ3n) is 2.02. The summed E-state index contributed by atoms with van der Waals surface area (Å²) in [6.07, 6.45) is 1.34. The van der Waals surface area contributed by atoms with Gasteiger partial charge in [-0.15, -0.1) is 0 Å². The predicted molar refractivity (Wildman–Crippen MR) is 51.6 cm³/mol. The highest BCUT2D eigenvalue weighted by Gasteiger charge is 2.21. The molecule has 0 aromatic carbocycles. The first-order valence-electron chi connectivity index (χ1n) is 4.55. The van der Waals surface area contributed by atoms with E-state index in [1.165, 1.54) is 7.11 Å². The van der Waals surface area contributed by atoms with E-state index in [-0.39, 0.29) is 24.3 Å². The van der Waals surface area contributed by atoms with Crippen LogP contribution in [-0.4, -0.2) is 29.1 Å². The molecule has 0 aliphatic heterocycles. The first-order valence-corrected chi connectivity index (χ1v) is 4.55. The molecule has 0 unspecified atom stereocenters. The van der Waals surface area contributed by atoms with Crippen LogP contribution in [0, 0.1) is 0 Å². The monoisotopic (exact) mass is 228 g/mol. The van der Waals surface area contributed by atoms with E-state index in [1.54, 1.807) is 0 Å². The van der Waals surface area contributed by atoms with Crippen molar-refractivity contribution in [2.75, 3.05) is 7.11 Å². The van der Waals surface area contributed by atoms with Gasteiger partial charge in [-0.1, -0.05) is 0 Å². The molecule has 0 aliphatic carbocycles. The fourth-order valence-corrected chi connectivity index (χ4v) is 1.19. The van der Waals surface area contributed by atoms with E-state index < -0.39 is 18.0 Å². The molecule has 0 fully saturated rings. The van der Waals surface area contributed by atoms with Crippen LogP contribution in [0.15, 0.2) is 10.8 Å². The molecule has 7 nitrogen and oxygen atoms in total. The molecule has 0 aliphatic rings. The van der Waals surface area contributed by atoms with Gasteiger partial charge in [0.15, 0.2) is 17.8 Å². The molecule has 1 aromatic rings. The predicted octanol–water partition coefficient (Wildman–Crippen LogP) is 0.326. The Balaban J connectivity index is 2.65. The molecule has 1 atom stereocenters. The molecular formula is C9H12N2O5. The molecule has 0 amide bonds. The van der Waals surface area contributed by atoms with E-state index in [0.717, 1.165) is 6.39 Å². The number of methoxy groups -OCH3 is 1. The minimum absolute atomic E-state index is 0.0661. The molecule has 1 aromatic heterocycles. The van der Waals surface area contributed by atoms with Crippen molar-refractivity contribution >= 4 is 11.9 Å². The third-order valence-corrected chi connectivity index (χ3v) is 2.02. The number of carboxylic acids is 1. The summed E-state index contributed by atoms with van der Waals surface area (Å²) in [5, 5.41) is 8.76. The van der Waals surface area contributed by atoms with Gasteiger partial charge < -0.3 is 20.0 Å². The summed E-state index contributed by atoms with van der Waals surface area (Å²) < 4.78 is 9.32. The van der Waals surface area contributed by atoms with E-state index in [9.17, 15) is 9.59 Å². The second-order valence-electron chi connectivity index (χ2n) is 3.09. The number of carbonyl (C=O) groups excluding carboxylic acids is 1. The first-order chi connectivity index (χ1) is 7.56. The number of aromatic nitrogens is 1. The van der Waals surface area contributed by atoms with Crippen LogP contribution < -0.4 is 5.73 Å². The number of oxazole rings is 1. The molecule has 0 bridgehead atoms. The Hall–Kier alpha value is -1.89. The molecule has 0 radical (unpaired) electrons. The van der Waals surface area contributed by atoms with Gasteiger partial charge in [0.1, 0.15) is 0 Å². The average molecular weight is 228 g/mol. The normalized spacial score (nSPS) is 12.1. The Labute approximate surface area is 91.2 Å². The van der Waals surface area contributed by atoms with Crippen LogP contribution in [-0.2, 0) is 9.53 Å². The number of ether oxygens (including phenoxy) is 1. The molecule has 1 heterocycles. The lowest BCUT2D eigenvalue weighted by Gasteiger charge is -2.07. The van der Waals surface area contributed by atoms with Gasteiger partial charge in [-0.05, 0) is 6.42 Å². The number of aromatic carboxylic acids is 1. The summed E-state index contributed by atoms with van der Waals surface area (Å²) in [5.74, 6) is -1.56. The highest BCUT2D eigenvalue weighted by atomic mass is 16.5. The molecule has 0 saturated heterocycles. The van der Waals surface area contributed by atoms with Crippen LogP contribution in [0.4, 0.5) is 0 Å². The van der Waals surface area contributed by atoms with E-state index in [0.29, 0.717) is 0 Å². The van der Waals surface area contributed by atoms with E-state index in [1.807, 2.05) is 0 Å². The van der Waals surface area contributed by atoms with E-state index in [2.05, 4.69) is 9.72 Å². The van der Waals surface area contributed by atoms with Crippen molar-refractivity contribution in [3.63, 3.8) is 0 Å². The maximum absolute atomic E-state index is 10.9. The topological polar surface area (TPSA) is 116 Å². The number of carbonyl (C=O) groups is 2. The van der Waals surface area contributed by atoms with Gasteiger partial charge in [0, 0.05) is 6.42 Å². The number of nitrogens with zero attached hydrogens (tertiary/aromatic N) is 1. The summed E-state index contributed by atoms with van der Waals surface area (Å²) in [5.41, 5.74) is 5.45. The van der Waals surface area contributed by atoms with Crippen molar-refractivity contribution in [2.45, 2.75) is 18.9 Å². The zero-order chi connectivity index (χ0) is 12.1. The molecular weight excluding hydrogens is 216 g/mol. The summed E-state index contributed by atoms with van der Waals surface area (Å²) in [7, 11) is 1.27. The number of nitrogens with two attached hydrogens (primary N) is 1. The molecule has 7 heteroatoms. The molecule has 16 heavy (non-hydrogen) atoms. The zero-order valence-electron chi connectivity index (χ0n) is 8.67. The Morgan fingerprint density at radius 3 is 2.94 bits per heavy atom. The summed E-state index contributed by atoms with van der Waals surface area (Å²) >= 11 is 0. The molecule has 1 rings (SSSR count). The quantitative estimate of drug-likeness (QED) is 0.697. The van der Waals surface area contributed by atoms with Gasteiger partial charge in [0.2, 0.25) is 0 Å². The Bertz CT molecular complexity index is 387. The van der Waals surface area contributed by atoms with Crippen molar-refractivity contribution in [3.8, 4) is 0 Å². The number of hydrogen-bond donors (Lipinski definition) is 2. The molecule has 0 spiro atoms. The third kappa shape index (κ3) is 2.80. The summed E-state index contributed by atoms with van der Waals surface area (Å²) in [6, 6.07) is -0.687. The summed E-state index contributed by atoms with van der Waals surface area (Å²) in [4.78, 5) is 25.1. The van der Waals surface area contributed by atoms with Gasteiger partial charge >= 0.3 is 11.9 Å². The molecule has 0 saturated carbocycles. The van der Waals surface area contributed by atoms with Crippen LogP contribution in [0.5, 0.6) is 0 Å². The maximum atomic E-state index is 10.9. The summed E-state index contributed by atoms with van der Waals surface area (Å²) in [6.45, 7) is 0. The lowest BCUT2D eigenvalue weighted by Crippen LogP contribution is -2.15.